The Kier molecular flexibility index (Phi) is 5.72. The van der Waals surface area contributed by atoms with E-state index in [9.17, 15) is 4.79 Å². The first-order valence-corrected chi connectivity index (χ1v) is 10.3. The molecule has 1 aromatic heterocycles. The van der Waals surface area contributed by atoms with Crippen molar-refractivity contribution in [3.05, 3.63) is 68.9 Å². The van der Waals surface area contributed by atoms with Crippen molar-refractivity contribution in [3.8, 4) is 11.3 Å². The monoisotopic (exact) mass is 449 g/mol. The quantitative estimate of drug-likeness (QED) is 0.523. The summed E-state index contributed by atoms with van der Waals surface area (Å²) in [5.41, 5.74) is 2.61. The lowest BCUT2D eigenvalue weighted by atomic mass is 10.0. The molecule has 1 saturated heterocycles. The molecule has 150 valence electrons. The second-order valence-electron chi connectivity index (χ2n) is 6.82. The summed E-state index contributed by atoms with van der Waals surface area (Å²) in [4.78, 5) is 17.3. The van der Waals surface area contributed by atoms with Crippen molar-refractivity contribution < 1.29 is 9.32 Å². The Morgan fingerprint density at radius 3 is 2.38 bits per heavy atom. The highest BCUT2D eigenvalue weighted by molar-refractivity contribution is 6.42. The lowest BCUT2D eigenvalue weighted by Crippen LogP contribution is -2.49. The molecule has 4 rings (SSSR count). The minimum Gasteiger partial charge on any atom is -0.368 e. The molecule has 0 radical (unpaired) electrons. The summed E-state index contributed by atoms with van der Waals surface area (Å²) in [7, 11) is 0. The van der Waals surface area contributed by atoms with Crippen LogP contribution in [0.4, 0.5) is 5.69 Å². The molecule has 1 aliphatic rings. The Bertz CT molecular complexity index is 1060. The Balaban J connectivity index is 1.53. The fourth-order valence-corrected chi connectivity index (χ4v) is 3.99. The van der Waals surface area contributed by atoms with Crippen molar-refractivity contribution in [2.75, 3.05) is 31.1 Å². The van der Waals surface area contributed by atoms with Gasteiger partial charge in [0.25, 0.3) is 5.91 Å². The second-order valence-corrected chi connectivity index (χ2v) is 8.04. The number of piperazine rings is 1. The Morgan fingerprint density at radius 2 is 1.69 bits per heavy atom. The fourth-order valence-electron chi connectivity index (χ4n) is 3.47. The van der Waals surface area contributed by atoms with Crippen molar-refractivity contribution >= 4 is 46.4 Å². The number of rotatable bonds is 3. The lowest BCUT2D eigenvalue weighted by molar-refractivity contribution is 0.0745. The topological polar surface area (TPSA) is 49.6 Å². The molecule has 1 fully saturated rings. The first-order valence-electron chi connectivity index (χ1n) is 9.16. The highest BCUT2D eigenvalue weighted by Crippen LogP contribution is 2.32. The smallest absolute Gasteiger partial charge is 0.259 e. The highest BCUT2D eigenvalue weighted by Gasteiger charge is 2.29. The van der Waals surface area contributed by atoms with E-state index in [2.05, 4.69) is 10.1 Å². The van der Waals surface area contributed by atoms with Gasteiger partial charge in [0, 0.05) is 37.4 Å². The van der Waals surface area contributed by atoms with E-state index in [1.54, 1.807) is 19.1 Å². The third kappa shape index (κ3) is 3.95. The molecule has 2 heterocycles. The maximum atomic E-state index is 13.3. The number of aromatic nitrogens is 1. The van der Waals surface area contributed by atoms with Crippen LogP contribution in [0.15, 0.2) is 47.0 Å². The summed E-state index contributed by atoms with van der Waals surface area (Å²) in [6.45, 7) is 4.27. The summed E-state index contributed by atoms with van der Waals surface area (Å²) in [5.74, 6) is 0.379. The SMILES string of the molecule is Cc1onc(-c2ccccc2Cl)c1C(=O)N1CCN(c2ccc(Cl)c(Cl)c2)CC1. The van der Waals surface area contributed by atoms with Crippen LogP contribution in [0.2, 0.25) is 15.1 Å². The number of aryl methyl sites for hydroxylation is 1. The molecule has 0 saturated carbocycles. The zero-order valence-corrected chi connectivity index (χ0v) is 17.9. The van der Waals surface area contributed by atoms with E-state index in [0.29, 0.717) is 63.8 Å². The minimum absolute atomic E-state index is 0.104. The number of anilines is 1. The summed E-state index contributed by atoms with van der Waals surface area (Å²) in [6, 6.07) is 12.9. The van der Waals surface area contributed by atoms with Crippen LogP contribution < -0.4 is 4.90 Å². The predicted molar refractivity (Wildman–Crippen MR) is 116 cm³/mol. The molecule has 0 spiro atoms. The Morgan fingerprint density at radius 1 is 0.966 bits per heavy atom. The molecular formula is C21H18Cl3N3O2. The summed E-state index contributed by atoms with van der Waals surface area (Å²) < 4.78 is 5.34. The largest absolute Gasteiger partial charge is 0.368 e. The molecular weight excluding hydrogens is 433 g/mol. The molecule has 0 bridgehead atoms. The summed E-state index contributed by atoms with van der Waals surface area (Å²) in [6.07, 6.45) is 0. The molecule has 1 aliphatic heterocycles. The van der Waals surface area contributed by atoms with Crippen molar-refractivity contribution in [1.82, 2.24) is 10.1 Å². The molecule has 0 atom stereocenters. The first-order chi connectivity index (χ1) is 14.0. The first kappa shape index (κ1) is 20.1. The van der Waals surface area contributed by atoms with Crippen molar-refractivity contribution in [1.29, 1.82) is 0 Å². The number of amides is 1. The van der Waals surface area contributed by atoms with Crippen molar-refractivity contribution in [2.24, 2.45) is 0 Å². The standard InChI is InChI=1S/C21H18Cl3N3O2/c1-13-19(20(25-29-13)15-4-2-3-5-16(15)22)21(28)27-10-8-26(9-11-27)14-6-7-17(23)18(24)12-14/h2-7,12H,8-11H2,1H3. The lowest BCUT2D eigenvalue weighted by Gasteiger charge is -2.36. The van der Waals surface area contributed by atoms with Gasteiger partial charge in [-0.05, 0) is 31.2 Å². The van der Waals surface area contributed by atoms with Gasteiger partial charge in [0.15, 0.2) is 0 Å². The van der Waals surface area contributed by atoms with E-state index in [4.69, 9.17) is 39.3 Å². The minimum atomic E-state index is -0.104. The van der Waals surface area contributed by atoms with Gasteiger partial charge in [0.05, 0.1) is 15.1 Å². The number of halogens is 3. The molecule has 0 aliphatic carbocycles. The van der Waals surface area contributed by atoms with Crippen LogP contribution in [0.3, 0.4) is 0 Å². The number of benzene rings is 2. The van der Waals surface area contributed by atoms with Crippen LogP contribution in [0.25, 0.3) is 11.3 Å². The van der Waals surface area contributed by atoms with E-state index in [1.807, 2.05) is 35.2 Å². The molecule has 0 N–H and O–H groups in total. The molecule has 1 amide bonds. The number of carbonyl (C=O) groups excluding carboxylic acids is 1. The van der Waals surface area contributed by atoms with E-state index < -0.39 is 0 Å². The van der Waals surface area contributed by atoms with E-state index in [0.717, 1.165) is 5.69 Å². The second kappa shape index (κ2) is 8.27. The maximum Gasteiger partial charge on any atom is 0.259 e. The molecule has 29 heavy (non-hydrogen) atoms. The summed E-state index contributed by atoms with van der Waals surface area (Å²) >= 11 is 18.4. The van der Waals surface area contributed by atoms with Gasteiger partial charge in [-0.1, -0.05) is 58.2 Å². The molecule has 5 nitrogen and oxygen atoms in total. The number of hydrogen-bond donors (Lipinski definition) is 0. The third-order valence-corrected chi connectivity index (χ3v) is 6.11. The Hall–Kier alpha value is -2.21. The third-order valence-electron chi connectivity index (χ3n) is 5.04. The molecule has 8 heteroatoms. The highest BCUT2D eigenvalue weighted by atomic mass is 35.5. The van der Waals surface area contributed by atoms with E-state index in [-0.39, 0.29) is 5.91 Å². The number of hydrogen-bond acceptors (Lipinski definition) is 4. The van der Waals surface area contributed by atoms with Crippen LogP contribution in [0.5, 0.6) is 0 Å². The van der Waals surface area contributed by atoms with Gasteiger partial charge < -0.3 is 14.3 Å². The molecule has 3 aromatic rings. The predicted octanol–water partition coefficient (Wildman–Crippen LogP) is 5.57. The molecule has 2 aromatic carbocycles. The Labute approximate surface area is 183 Å². The van der Waals surface area contributed by atoms with Gasteiger partial charge in [0.2, 0.25) is 0 Å². The van der Waals surface area contributed by atoms with E-state index >= 15 is 0 Å². The number of nitrogens with zero attached hydrogens (tertiary/aromatic N) is 3. The van der Waals surface area contributed by atoms with Crippen LogP contribution in [-0.4, -0.2) is 42.1 Å². The van der Waals surface area contributed by atoms with Crippen molar-refractivity contribution in [3.63, 3.8) is 0 Å². The maximum absolute atomic E-state index is 13.3. The average Bonchev–Trinajstić information content (AvgIpc) is 3.11. The normalized spacial score (nSPS) is 14.3. The van der Waals surface area contributed by atoms with Gasteiger partial charge in [-0.2, -0.15) is 0 Å². The van der Waals surface area contributed by atoms with Gasteiger partial charge in [-0.3, -0.25) is 4.79 Å². The molecule has 0 unspecified atom stereocenters. The van der Waals surface area contributed by atoms with Gasteiger partial charge in [-0.15, -0.1) is 0 Å². The van der Waals surface area contributed by atoms with Gasteiger partial charge >= 0.3 is 0 Å². The zero-order valence-electron chi connectivity index (χ0n) is 15.7. The van der Waals surface area contributed by atoms with Crippen LogP contribution in [0.1, 0.15) is 16.1 Å². The van der Waals surface area contributed by atoms with Crippen LogP contribution in [0, 0.1) is 6.92 Å². The average molecular weight is 451 g/mol. The number of carbonyl (C=O) groups is 1. The van der Waals surface area contributed by atoms with Crippen molar-refractivity contribution in [2.45, 2.75) is 6.92 Å². The van der Waals surface area contributed by atoms with Crippen LogP contribution in [-0.2, 0) is 0 Å². The van der Waals surface area contributed by atoms with Gasteiger partial charge in [-0.25, -0.2) is 0 Å². The van der Waals surface area contributed by atoms with Crippen LogP contribution >= 0.6 is 34.8 Å². The summed E-state index contributed by atoms with van der Waals surface area (Å²) in [5, 5.41) is 5.67. The van der Waals surface area contributed by atoms with E-state index in [1.165, 1.54) is 0 Å². The van der Waals surface area contributed by atoms with Gasteiger partial charge in [0.1, 0.15) is 17.0 Å². The zero-order chi connectivity index (χ0) is 20.5. The fraction of sp³-hybridized carbons (Fsp3) is 0.238.